The molecular formula is C20H23ClN2O3. The molecule has 0 N–H and O–H groups in total. The van der Waals surface area contributed by atoms with Crippen molar-refractivity contribution in [3.63, 3.8) is 0 Å². The average Bonchev–Trinajstić information content (AvgIpc) is 3.12. The van der Waals surface area contributed by atoms with E-state index in [0.29, 0.717) is 19.8 Å². The summed E-state index contributed by atoms with van der Waals surface area (Å²) in [6.45, 7) is 4.59. The monoisotopic (exact) mass is 374 g/mol. The van der Waals surface area contributed by atoms with Crippen LogP contribution in [-0.2, 0) is 22.6 Å². The van der Waals surface area contributed by atoms with Crippen LogP contribution >= 0.6 is 11.6 Å². The summed E-state index contributed by atoms with van der Waals surface area (Å²) < 4.78 is 17.7. The second kappa shape index (κ2) is 7.92. The van der Waals surface area contributed by atoms with Gasteiger partial charge in [-0.05, 0) is 24.3 Å². The maximum atomic E-state index is 6.23. The summed E-state index contributed by atoms with van der Waals surface area (Å²) >= 11 is 6.23. The Kier molecular flexibility index (Phi) is 5.41. The van der Waals surface area contributed by atoms with Gasteiger partial charge in [-0.1, -0.05) is 17.7 Å². The van der Waals surface area contributed by atoms with E-state index in [1.807, 2.05) is 36.5 Å². The van der Waals surface area contributed by atoms with Crippen molar-refractivity contribution in [2.75, 3.05) is 26.3 Å². The fourth-order valence-electron chi connectivity index (χ4n) is 3.54. The molecule has 2 saturated heterocycles. The van der Waals surface area contributed by atoms with Crippen LogP contribution in [0.2, 0.25) is 5.02 Å². The average molecular weight is 375 g/mol. The van der Waals surface area contributed by atoms with Crippen LogP contribution in [0, 0.1) is 0 Å². The van der Waals surface area contributed by atoms with Crippen LogP contribution in [0.15, 0.2) is 42.7 Å². The molecule has 2 aromatic rings. The first-order chi connectivity index (χ1) is 12.7. The van der Waals surface area contributed by atoms with E-state index in [1.54, 1.807) is 6.20 Å². The van der Waals surface area contributed by atoms with Gasteiger partial charge < -0.3 is 14.2 Å². The summed E-state index contributed by atoms with van der Waals surface area (Å²) in [4.78, 5) is 6.53. The van der Waals surface area contributed by atoms with Crippen molar-refractivity contribution < 1.29 is 14.2 Å². The molecule has 0 bridgehead atoms. The Hall–Kier alpha value is -1.66. The third-order valence-corrected chi connectivity index (χ3v) is 5.20. The molecule has 5 nitrogen and oxygen atoms in total. The predicted octanol–water partition coefficient (Wildman–Crippen LogP) is 3.65. The molecule has 2 aliphatic rings. The lowest BCUT2D eigenvalue weighted by Crippen LogP contribution is -2.44. The van der Waals surface area contributed by atoms with Crippen molar-refractivity contribution in [1.82, 2.24) is 9.88 Å². The smallest absolute Gasteiger partial charge is 0.170 e. The maximum absolute atomic E-state index is 6.23. The molecule has 2 aliphatic heterocycles. The van der Waals surface area contributed by atoms with Crippen LogP contribution in [-0.4, -0.2) is 42.0 Å². The first kappa shape index (κ1) is 17.7. The Morgan fingerprint density at radius 2 is 1.96 bits per heavy atom. The topological polar surface area (TPSA) is 43.8 Å². The fourth-order valence-corrected chi connectivity index (χ4v) is 3.73. The zero-order chi connectivity index (χ0) is 17.8. The van der Waals surface area contributed by atoms with Crippen LogP contribution in [0.1, 0.15) is 24.0 Å². The Balaban J connectivity index is 1.40. The highest BCUT2D eigenvalue weighted by molar-refractivity contribution is 6.30. The largest absolute Gasteiger partial charge is 0.489 e. The van der Waals surface area contributed by atoms with Gasteiger partial charge in [-0.2, -0.15) is 0 Å². The van der Waals surface area contributed by atoms with E-state index in [0.717, 1.165) is 54.4 Å². The first-order valence-electron chi connectivity index (χ1n) is 9.03. The number of pyridine rings is 1. The molecule has 6 heteroatoms. The van der Waals surface area contributed by atoms with Crippen LogP contribution in [0.5, 0.6) is 5.75 Å². The van der Waals surface area contributed by atoms with Crippen molar-refractivity contribution in [2.45, 2.75) is 31.8 Å². The second-order valence-electron chi connectivity index (χ2n) is 6.79. The van der Waals surface area contributed by atoms with Gasteiger partial charge in [0.25, 0.3) is 0 Å². The zero-order valence-electron chi connectivity index (χ0n) is 14.7. The van der Waals surface area contributed by atoms with E-state index in [2.05, 4.69) is 9.88 Å². The van der Waals surface area contributed by atoms with Gasteiger partial charge in [0.15, 0.2) is 5.79 Å². The number of ether oxygens (including phenoxy) is 3. The minimum absolute atomic E-state index is 0.343. The Morgan fingerprint density at radius 1 is 1.15 bits per heavy atom. The molecule has 1 spiro atoms. The quantitative estimate of drug-likeness (QED) is 0.799. The standard InChI is InChI=1S/C20H23ClN2O3/c21-18-3-4-19(24-15-16-2-1-7-22-13-16)17(12-18)14-23-8-5-20(6-9-23)25-10-11-26-20/h1-4,7,12-13H,5-6,8-11,14-15H2. The Morgan fingerprint density at radius 3 is 2.69 bits per heavy atom. The third kappa shape index (κ3) is 4.18. The van der Waals surface area contributed by atoms with E-state index >= 15 is 0 Å². The molecule has 1 aromatic carbocycles. The lowest BCUT2D eigenvalue weighted by molar-refractivity contribution is -0.185. The highest BCUT2D eigenvalue weighted by Crippen LogP contribution is 2.33. The molecule has 0 atom stereocenters. The number of hydrogen-bond acceptors (Lipinski definition) is 5. The third-order valence-electron chi connectivity index (χ3n) is 4.97. The number of aromatic nitrogens is 1. The lowest BCUT2D eigenvalue weighted by atomic mass is 10.0. The molecule has 2 fully saturated rings. The van der Waals surface area contributed by atoms with Gasteiger partial charge in [-0.3, -0.25) is 9.88 Å². The van der Waals surface area contributed by atoms with Crippen molar-refractivity contribution in [3.8, 4) is 5.75 Å². The number of halogens is 1. The SMILES string of the molecule is Clc1ccc(OCc2cccnc2)c(CN2CCC3(CC2)OCCO3)c1. The van der Waals surface area contributed by atoms with Crippen LogP contribution in [0.3, 0.4) is 0 Å². The van der Waals surface area contributed by atoms with Crippen LogP contribution in [0.4, 0.5) is 0 Å². The predicted molar refractivity (Wildman–Crippen MR) is 99.2 cm³/mol. The molecule has 3 heterocycles. The minimum atomic E-state index is -0.343. The van der Waals surface area contributed by atoms with E-state index in [4.69, 9.17) is 25.8 Å². The van der Waals surface area contributed by atoms with Crippen LogP contribution < -0.4 is 4.74 Å². The van der Waals surface area contributed by atoms with Crippen molar-refractivity contribution in [2.24, 2.45) is 0 Å². The van der Waals surface area contributed by atoms with Crippen molar-refractivity contribution in [1.29, 1.82) is 0 Å². The van der Waals surface area contributed by atoms with E-state index in [1.165, 1.54) is 0 Å². The Bertz CT molecular complexity index is 725. The summed E-state index contributed by atoms with van der Waals surface area (Å²) in [6, 6.07) is 9.73. The molecule has 4 rings (SSSR count). The summed E-state index contributed by atoms with van der Waals surface area (Å²) in [5.41, 5.74) is 2.15. The van der Waals surface area contributed by atoms with E-state index in [-0.39, 0.29) is 5.79 Å². The van der Waals surface area contributed by atoms with Gasteiger partial charge in [-0.25, -0.2) is 0 Å². The Labute approximate surface area is 158 Å². The minimum Gasteiger partial charge on any atom is -0.489 e. The molecule has 138 valence electrons. The first-order valence-corrected chi connectivity index (χ1v) is 9.41. The van der Waals surface area contributed by atoms with Gasteiger partial charge >= 0.3 is 0 Å². The maximum Gasteiger partial charge on any atom is 0.170 e. The van der Waals surface area contributed by atoms with Gasteiger partial charge in [0.1, 0.15) is 12.4 Å². The van der Waals surface area contributed by atoms with Crippen molar-refractivity contribution in [3.05, 3.63) is 58.9 Å². The highest BCUT2D eigenvalue weighted by atomic mass is 35.5. The summed E-state index contributed by atoms with van der Waals surface area (Å²) in [5.74, 6) is 0.525. The van der Waals surface area contributed by atoms with Crippen molar-refractivity contribution >= 4 is 11.6 Å². The molecule has 0 saturated carbocycles. The second-order valence-corrected chi connectivity index (χ2v) is 7.22. The van der Waals surface area contributed by atoms with Crippen LogP contribution in [0.25, 0.3) is 0 Å². The fraction of sp³-hybridized carbons (Fsp3) is 0.450. The van der Waals surface area contributed by atoms with Gasteiger partial charge in [0, 0.05) is 61.0 Å². The van der Waals surface area contributed by atoms with Gasteiger partial charge in [0.2, 0.25) is 0 Å². The number of rotatable bonds is 5. The molecular weight excluding hydrogens is 352 g/mol. The number of benzene rings is 1. The molecule has 26 heavy (non-hydrogen) atoms. The molecule has 1 aromatic heterocycles. The highest BCUT2D eigenvalue weighted by Gasteiger charge is 2.39. The number of nitrogens with zero attached hydrogens (tertiary/aromatic N) is 2. The molecule has 0 unspecified atom stereocenters. The number of hydrogen-bond donors (Lipinski definition) is 0. The number of likely N-dealkylation sites (tertiary alicyclic amines) is 1. The molecule has 0 amide bonds. The molecule has 0 aliphatic carbocycles. The number of piperidine rings is 1. The van der Waals surface area contributed by atoms with E-state index in [9.17, 15) is 0 Å². The molecule has 0 radical (unpaired) electrons. The zero-order valence-corrected chi connectivity index (χ0v) is 15.5. The summed E-state index contributed by atoms with van der Waals surface area (Å²) in [7, 11) is 0. The van der Waals surface area contributed by atoms with E-state index < -0.39 is 0 Å². The summed E-state index contributed by atoms with van der Waals surface area (Å²) in [6.07, 6.45) is 5.39. The normalized spacial score (nSPS) is 19.7. The van der Waals surface area contributed by atoms with Gasteiger partial charge in [0.05, 0.1) is 13.2 Å². The summed E-state index contributed by atoms with van der Waals surface area (Å²) in [5, 5.41) is 0.727. The van der Waals surface area contributed by atoms with Gasteiger partial charge in [-0.15, -0.1) is 0 Å². The lowest BCUT2D eigenvalue weighted by Gasteiger charge is -2.37.